The Morgan fingerprint density at radius 1 is 1.22 bits per heavy atom. The number of rotatable bonds is 1. The Morgan fingerprint density at radius 3 is 2.83 bits per heavy atom. The maximum absolute atomic E-state index is 6.01. The maximum atomic E-state index is 6.01. The third-order valence-corrected chi connectivity index (χ3v) is 3.49. The average molecular weight is 322 g/mol. The highest BCUT2D eigenvalue weighted by atomic mass is 79.9. The van der Waals surface area contributed by atoms with Crippen LogP contribution in [-0.2, 0) is 0 Å². The van der Waals surface area contributed by atoms with Crippen LogP contribution in [0.3, 0.4) is 0 Å². The molecule has 0 spiro atoms. The van der Waals surface area contributed by atoms with Crippen molar-refractivity contribution in [3.8, 4) is 11.3 Å². The van der Waals surface area contributed by atoms with Crippen LogP contribution in [0.5, 0.6) is 0 Å². The fourth-order valence-corrected chi connectivity index (χ4v) is 2.77. The number of halogens is 2. The topological polar surface area (TPSA) is 17.3 Å². The van der Waals surface area contributed by atoms with Gasteiger partial charge in [0.25, 0.3) is 0 Å². The van der Waals surface area contributed by atoms with E-state index in [4.69, 9.17) is 11.6 Å². The monoisotopic (exact) mass is 320 g/mol. The zero-order chi connectivity index (χ0) is 12.7. The number of hydrogen-bond donors (Lipinski definition) is 0. The molecular formula is C14H10BrClN2. The average Bonchev–Trinajstić information content (AvgIpc) is 2.73. The van der Waals surface area contributed by atoms with Gasteiger partial charge in [0, 0.05) is 27.5 Å². The van der Waals surface area contributed by atoms with E-state index in [1.165, 1.54) is 0 Å². The van der Waals surface area contributed by atoms with Gasteiger partial charge in [-0.2, -0.15) is 0 Å². The summed E-state index contributed by atoms with van der Waals surface area (Å²) in [7, 11) is 0. The molecule has 2 heterocycles. The van der Waals surface area contributed by atoms with Crippen molar-refractivity contribution in [2.45, 2.75) is 6.92 Å². The molecule has 0 unspecified atom stereocenters. The molecule has 0 fully saturated rings. The van der Waals surface area contributed by atoms with Crippen molar-refractivity contribution >= 4 is 33.2 Å². The third-order valence-electron chi connectivity index (χ3n) is 2.82. The molecule has 4 heteroatoms. The van der Waals surface area contributed by atoms with Crippen molar-refractivity contribution in [3.63, 3.8) is 0 Å². The first-order valence-electron chi connectivity index (χ1n) is 5.54. The fourth-order valence-electron chi connectivity index (χ4n) is 2.01. The predicted molar refractivity (Wildman–Crippen MR) is 78.1 cm³/mol. The van der Waals surface area contributed by atoms with Gasteiger partial charge in [-0.25, -0.2) is 4.98 Å². The summed E-state index contributed by atoms with van der Waals surface area (Å²) in [6.07, 6.45) is 4.02. The SMILES string of the molecule is Cc1cc(Br)cn2cc(-c3cccc(Cl)c3)nc12. The Bertz CT molecular complexity index is 734. The molecule has 0 aliphatic heterocycles. The minimum absolute atomic E-state index is 0.724. The van der Waals surface area contributed by atoms with Crippen molar-refractivity contribution in [2.24, 2.45) is 0 Å². The van der Waals surface area contributed by atoms with Crippen LogP contribution in [0.4, 0.5) is 0 Å². The van der Waals surface area contributed by atoms with Gasteiger partial charge in [-0.05, 0) is 46.6 Å². The summed E-state index contributed by atoms with van der Waals surface area (Å²) < 4.78 is 3.07. The maximum Gasteiger partial charge on any atom is 0.140 e. The first-order chi connectivity index (χ1) is 8.63. The summed E-state index contributed by atoms with van der Waals surface area (Å²) >= 11 is 9.50. The molecule has 0 bridgehead atoms. The Balaban J connectivity index is 2.22. The molecule has 0 aliphatic rings. The highest BCUT2D eigenvalue weighted by Gasteiger charge is 2.07. The Hall–Kier alpha value is -1.32. The fraction of sp³-hybridized carbons (Fsp3) is 0.0714. The van der Waals surface area contributed by atoms with E-state index in [2.05, 4.69) is 33.9 Å². The molecule has 1 aromatic carbocycles. The van der Waals surface area contributed by atoms with E-state index in [1.807, 2.05) is 41.1 Å². The normalized spacial score (nSPS) is 11.1. The molecule has 0 N–H and O–H groups in total. The summed E-state index contributed by atoms with van der Waals surface area (Å²) in [6, 6.07) is 9.79. The first-order valence-corrected chi connectivity index (χ1v) is 6.71. The van der Waals surface area contributed by atoms with Crippen LogP contribution >= 0.6 is 27.5 Å². The van der Waals surface area contributed by atoms with E-state index in [-0.39, 0.29) is 0 Å². The molecule has 0 aliphatic carbocycles. The van der Waals surface area contributed by atoms with Crippen LogP contribution in [-0.4, -0.2) is 9.38 Å². The smallest absolute Gasteiger partial charge is 0.140 e. The number of nitrogens with zero attached hydrogens (tertiary/aromatic N) is 2. The quantitative estimate of drug-likeness (QED) is 0.633. The largest absolute Gasteiger partial charge is 0.305 e. The van der Waals surface area contributed by atoms with Gasteiger partial charge in [0.15, 0.2) is 0 Å². The van der Waals surface area contributed by atoms with Crippen molar-refractivity contribution in [1.29, 1.82) is 0 Å². The Kier molecular flexibility index (Phi) is 2.88. The lowest BCUT2D eigenvalue weighted by atomic mass is 10.2. The molecule has 0 radical (unpaired) electrons. The van der Waals surface area contributed by atoms with Gasteiger partial charge in [-0.1, -0.05) is 23.7 Å². The molecule has 0 atom stereocenters. The second kappa shape index (κ2) is 4.41. The number of hydrogen-bond acceptors (Lipinski definition) is 1. The number of aromatic nitrogens is 2. The lowest BCUT2D eigenvalue weighted by Gasteiger charge is -1.97. The van der Waals surface area contributed by atoms with Gasteiger partial charge in [0.05, 0.1) is 5.69 Å². The standard InChI is InChI=1S/C14H10BrClN2/c1-9-5-11(15)7-18-8-13(17-14(9)18)10-3-2-4-12(16)6-10/h2-8H,1H3. The second-order valence-corrected chi connectivity index (χ2v) is 5.56. The van der Waals surface area contributed by atoms with Crippen LogP contribution in [0, 0.1) is 6.92 Å². The molecule has 3 aromatic rings. The van der Waals surface area contributed by atoms with Gasteiger partial charge in [0.2, 0.25) is 0 Å². The minimum atomic E-state index is 0.724. The zero-order valence-corrected chi connectivity index (χ0v) is 12.0. The van der Waals surface area contributed by atoms with Gasteiger partial charge in [0.1, 0.15) is 5.65 Å². The van der Waals surface area contributed by atoms with Gasteiger partial charge < -0.3 is 4.40 Å². The third kappa shape index (κ3) is 2.04. The van der Waals surface area contributed by atoms with Crippen molar-refractivity contribution in [3.05, 3.63) is 57.8 Å². The molecule has 3 rings (SSSR count). The molecule has 2 aromatic heterocycles. The Labute approximate surface area is 118 Å². The minimum Gasteiger partial charge on any atom is -0.305 e. The molecule has 90 valence electrons. The van der Waals surface area contributed by atoms with Crippen LogP contribution in [0.25, 0.3) is 16.9 Å². The van der Waals surface area contributed by atoms with E-state index in [1.54, 1.807) is 0 Å². The highest BCUT2D eigenvalue weighted by Crippen LogP contribution is 2.24. The molecule has 0 saturated carbocycles. The van der Waals surface area contributed by atoms with Gasteiger partial charge in [-0.3, -0.25) is 0 Å². The summed E-state index contributed by atoms with van der Waals surface area (Å²) in [6.45, 7) is 2.05. The van der Waals surface area contributed by atoms with Gasteiger partial charge >= 0.3 is 0 Å². The van der Waals surface area contributed by atoms with E-state index in [0.717, 1.165) is 32.0 Å². The van der Waals surface area contributed by atoms with E-state index in [0.29, 0.717) is 0 Å². The molecule has 0 amide bonds. The van der Waals surface area contributed by atoms with E-state index >= 15 is 0 Å². The molecular weight excluding hydrogens is 312 g/mol. The number of benzene rings is 1. The molecule has 18 heavy (non-hydrogen) atoms. The van der Waals surface area contributed by atoms with Crippen LogP contribution in [0.2, 0.25) is 5.02 Å². The highest BCUT2D eigenvalue weighted by molar-refractivity contribution is 9.10. The van der Waals surface area contributed by atoms with Crippen molar-refractivity contribution in [2.75, 3.05) is 0 Å². The van der Waals surface area contributed by atoms with Crippen LogP contribution < -0.4 is 0 Å². The van der Waals surface area contributed by atoms with E-state index in [9.17, 15) is 0 Å². The predicted octanol–water partition coefficient (Wildman–Crippen LogP) is 4.73. The summed E-state index contributed by atoms with van der Waals surface area (Å²) in [4.78, 5) is 4.65. The van der Waals surface area contributed by atoms with Crippen LogP contribution in [0.1, 0.15) is 5.56 Å². The van der Waals surface area contributed by atoms with Crippen LogP contribution in [0.15, 0.2) is 47.2 Å². The van der Waals surface area contributed by atoms with Crippen molar-refractivity contribution < 1.29 is 0 Å². The van der Waals surface area contributed by atoms with Crippen molar-refractivity contribution in [1.82, 2.24) is 9.38 Å². The summed E-state index contributed by atoms with van der Waals surface area (Å²) in [5.41, 5.74) is 4.06. The zero-order valence-electron chi connectivity index (χ0n) is 9.69. The lowest BCUT2D eigenvalue weighted by Crippen LogP contribution is -1.86. The second-order valence-electron chi connectivity index (χ2n) is 4.21. The number of aryl methyl sites for hydroxylation is 1. The molecule has 2 nitrogen and oxygen atoms in total. The number of imidazole rings is 1. The van der Waals surface area contributed by atoms with Gasteiger partial charge in [-0.15, -0.1) is 0 Å². The first kappa shape index (κ1) is 11.8. The molecule has 0 saturated heterocycles. The van der Waals surface area contributed by atoms with E-state index < -0.39 is 0 Å². The lowest BCUT2D eigenvalue weighted by molar-refractivity contribution is 1.15. The summed E-state index contributed by atoms with van der Waals surface area (Å²) in [5, 5.41) is 0.724. The Morgan fingerprint density at radius 2 is 2.06 bits per heavy atom. The number of pyridine rings is 1. The number of fused-ring (bicyclic) bond motifs is 1. The summed E-state index contributed by atoms with van der Waals surface area (Å²) in [5.74, 6) is 0.